The van der Waals surface area contributed by atoms with Gasteiger partial charge in [-0.15, -0.1) is 0 Å². The zero-order valence-corrected chi connectivity index (χ0v) is 11.8. The SMILES string of the molecule is CC(C)(C)OC(=O)N1CCN(c2nc(N)nc(N)n2)C1. The highest BCUT2D eigenvalue weighted by atomic mass is 16.6. The van der Waals surface area contributed by atoms with E-state index in [0.29, 0.717) is 25.7 Å². The number of hydrogen-bond acceptors (Lipinski definition) is 8. The summed E-state index contributed by atoms with van der Waals surface area (Å²) in [6, 6.07) is 0. The number of nitrogens with two attached hydrogens (primary N) is 2. The molecular weight excluding hydrogens is 262 g/mol. The summed E-state index contributed by atoms with van der Waals surface area (Å²) < 4.78 is 5.31. The van der Waals surface area contributed by atoms with Crippen LogP contribution in [0, 0.1) is 0 Å². The van der Waals surface area contributed by atoms with Gasteiger partial charge in [0.15, 0.2) is 0 Å². The first-order chi connectivity index (χ1) is 9.24. The van der Waals surface area contributed by atoms with Crippen LogP contribution in [0.1, 0.15) is 20.8 Å². The molecule has 1 saturated heterocycles. The predicted octanol–water partition coefficient (Wildman–Crippen LogP) is 0.0506. The Kier molecular flexibility index (Phi) is 3.51. The van der Waals surface area contributed by atoms with Gasteiger partial charge in [-0.2, -0.15) is 15.0 Å². The summed E-state index contributed by atoms with van der Waals surface area (Å²) in [5.74, 6) is 0.479. The molecule has 9 heteroatoms. The number of hydrogen-bond donors (Lipinski definition) is 2. The Hall–Kier alpha value is -2.32. The topological polar surface area (TPSA) is 123 Å². The largest absolute Gasteiger partial charge is 0.444 e. The van der Waals surface area contributed by atoms with Crippen LogP contribution in [-0.2, 0) is 4.74 Å². The van der Waals surface area contributed by atoms with Crippen molar-refractivity contribution in [3.05, 3.63) is 0 Å². The molecule has 110 valence electrons. The summed E-state index contributed by atoms with van der Waals surface area (Å²) >= 11 is 0. The predicted molar refractivity (Wildman–Crippen MR) is 73.8 cm³/mol. The van der Waals surface area contributed by atoms with Crippen molar-refractivity contribution in [3.63, 3.8) is 0 Å². The van der Waals surface area contributed by atoms with Crippen molar-refractivity contribution < 1.29 is 9.53 Å². The molecule has 1 aromatic heterocycles. The second kappa shape index (κ2) is 4.99. The van der Waals surface area contributed by atoms with Crippen LogP contribution in [0.2, 0.25) is 0 Å². The Morgan fingerprint density at radius 3 is 2.30 bits per heavy atom. The third-order valence-electron chi connectivity index (χ3n) is 2.57. The number of nitrogen functional groups attached to an aromatic ring is 2. The molecule has 2 rings (SSSR count). The van der Waals surface area contributed by atoms with Crippen LogP contribution < -0.4 is 16.4 Å². The Morgan fingerprint density at radius 2 is 1.75 bits per heavy atom. The number of carbonyl (C=O) groups excluding carboxylic acids is 1. The second-order valence-electron chi connectivity index (χ2n) is 5.50. The maximum Gasteiger partial charge on any atom is 0.411 e. The van der Waals surface area contributed by atoms with Crippen molar-refractivity contribution in [1.82, 2.24) is 19.9 Å². The van der Waals surface area contributed by atoms with E-state index in [-0.39, 0.29) is 18.0 Å². The number of amides is 1. The molecule has 0 saturated carbocycles. The standard InChI is InChI=1S/C11H19N7O2/c1-11(2,3)20-10(19)18-5-4-17(6-18)9-15-7(12)14-8(13)16-9/h4-6H2,1-3H3,(H4,12,13,14,15,16). The van der Waals surface area contributed by atoms with E-state index < -0.39 is 5.60 Å². The van der Waals surface area contributed by atoms with Gasteiger partial charge in [-0.25, -0.2) is 4.79 Å². The van der Waals surface area contributed by atoms with Crippen LogP contribution in [0.25, 0.3) is 0 Å². The van der Waals surface area contributed by atoms with E-state index in [1.807, 2.05) is 20.8 Å². The molecule has 0 spiro atoms. The minimum Gasteiger partial charge on any atom is -0.444 e. The average Bonchev–Trinajstić information content (AvgIpc) is 2.74. The van der Waals surface area contributed by atoms with Crippen LogP contribution in [0.5, 0.6) is 0 Å². The minimum atomic E-state index is -0.521. The lowest BCUT2D eigenvalue weighted by Gasteiger charge is -2.24. The molecular formula is C11H19N7O2. The number of anilines is 3. The maximum atomic E-state index is 11.9. The van der Waals surface area contributed by atoms with Gasteiger partial charge >= 0.3 is 6.09 Å². The summed E-state index contributed by atoms with van der Waals surface area (Å²) in [5, 5.41) is 0. The highest BCUT2D eigenvalue weighted by Crippen LogP contribution is 2.17. The summed E-state index contributed by atoms with van der Waals surface area (Å²) in [7, 11) is 0. The molecule has 0 radical (unpaired) electrons. The molecule has 1 aromatic rings. The molecule has 4 N–H and O–H groups in total. The van der Waals surface area contributed by atoms with Crippen LogP contribution >= 0.6 is 0 Å². The molecule has 0 aliphatic carbocycles. The van der Waals surface area contributed by atoms with Crippen LogP contribution in [0.4, 0.5) is 22.6 Å². The Bertz CT molecular complexity index is 494. The first-order valence-electron chi connectivity index (χ1n) is 6.24. The normalized spacial score (nSPS) is 15.6. The van der Waals surface area contributed by atoms with Gasteiger partial charge in [-0.1, -0.05) is 0 Å². The zero-order chi connectivity index (χ0) is 14.9. The number of rotatable bonds is 1. The average molecular weight is 281 g/mol. The van der Waals surface area contributed by atoms with Gasteiger partial charge in [0, 0.05) is 13.1 Å². The fourth-order valence-electron chi connectivity index (χ4n) is 1.77. The molecule has 20 heavy (non-hydrogen) atoms. The highest BCUT2D eigenvalue weighted by Gasteiger charge is 2.29. The molecule has 1 aliphatic rings. The van der Waals surface area contributed by atoms with Crippen molar-refractivity contribution in [2.24, 2.45) is 0 Å². The first-order valence-corrected chi connectivity index (χ1v) is 6.24. The first kappa shape index (κ1) is 14.1. The van der Waals surface area contributed by atoms with E-state index in [1.54, 1.807) is 9.80 Å². The van der Waals surface area contributed by atoms with Crippen LogP contribution in [-0.4, -0.2) is 51.3 Å². The second-order valence-corrected chi connectivity index (χ2v) is 5.50. The van der Waals surface area contributed by atoms with Crippen LogP contribution in [0.15, 0.2) is 0 Å². The van der Waals surface area contributed by atoms with E-state index in [4.69, 9.17) is 16.2 Å². The fourth-order valence-corrected chi connectivity index (χ4v) is 1.77. The smallest absolute Gasteiger partial charge is 0.411 e. The Morgan fingerprint density at radius 1 is 1.15 bits per heavy atom. The Balaban J connectivity index is 2.03. The molecule has 0 bridgehead atoms. The molecule has 1 fully saturated rings. The zero-order valence-electron chi connectivity index (χ0n) is 11.8. The third-order valence-corrected chi connectivity index (χ3v) is 2.57. The van der Waals surface area contributed by atoms with Gasteiger partial charge in [-0.05, 0) is 20.8 Å². The van der Waals surface area contributed by atoms with E-state index >= 15 is 0 Å². The molecule has 0 unspecified atom stereocenters. The maximum absolute atomic E-state index is 11.9. The van der Waals surface area contributed by atoms with Crippen molar-refractivity contribution in [3.8, 4) is 0 Å². The van der Waals surface area contributed by atoms with Gasteiger partial charge in [0.05, 0.1) is 6.67 Å². The van der Waals surface area contributed by atoms with Crippen molar-refractivity contribution in [2.75, 3.05) is 36.1 Å². The van der Waals surface area contributed by atoms with E-state index in [9.17, 15) is 4.79 Å². The molecule has 9 nitrogen and oxygen atoms in total. The van der Waals surface area contributed by atoms with Crippen molar-refractivity contribution in [1.29, 1.82) is 0 Å². The van der Waals surface area contributed by atoms with Crippen molar-refractivity contribution in [2.45, 2.75) is 26.4 Å². The molecule has 1 aliphatic heterocycles. The Labute approximate surface area is 116 Å². The summed E-state index contributed by atoms with van der Waals surface area (Å²) in [4.78, 5) is 27.0. The van der Waals surface area contributed by atoms with Crippen molar-refractivity contribution >= 4 is 23.9 Å². The van der Waals surface area contributed by atoms with Gasteiger partial charge < -0.3 is 21.1 Å². The quantitative estimate of drug-likeness (QED) is 0.740. The summed E-state index contributed by atoms with van der Waals surface area (Å²) in [6.45, 7) is 6.92. The van der Waals surface area contributed by atoms with Crippen LogP contribution in [0.3, 0.4) is 0 Å². The fraction of sp³-hybridized carbons (Fsp3) is 0.636. The molecule has 0 aromatic carbocycles. The lowest BCUT2D eigenvalue weighted by molar-refractivity contribution is 0.0297. The number of aromatic nitrogens is 3. The molecule has 1 amide bonds. The van der Waals surface area contributed by atoms with Gasteiger partial charge in [-0.3, -0.25) is 4.90 Å². The molecule has 2 heterocycles. The van der Waals surface area contributed by atoms with Gasteiger partial charge in [0.1, 0.15) is 5.60 Å². The monoisotopic (exact) mass is 281 g/mol. The summed E-state index contributed by atoms with van der Waals surface area (Å²) in [6.07, 6.45) is -0.366. The minimum absolute atomic E-state index is 0.0585. The highest BCUT2D eigenvalue weighted by molar-refractivity contribution is 5.69. The summed E-state index contributed by atoms with van der Waals surface area (Å²) in [5.41, 5.74) is 10.5. The number of carbonyl (C=O) groups is 1. The van der Waals surface area contributed by atoms with Gasteiger partial charge in [0.25, 0.3) is 0 Å². The van der Waals surface area contributed by atoms with E-state index in [1.165, 1.54) is 0 Å². The van der Waals surface area contributed by atoms with E-state index in [0.717, 1.165) is 0 Å². The number of ether oxygens (including phenoxy) is 1. The third kappa shape index (κ3) is 3.37. The van der Waals surface area contributed by atoms with E-state index in [2.05, 4.69) is 15.0 Å². The number of nitrogens with zero attached hydrogens (tertiary/aromatic N) is 5. The lowest BCUT2D eigenvalue weighted by atomic mass is 10.2. The van der Waals surface area contributed by atoms with Gasteiger partial charge in [0.2, 0.25) is 17.8 Å². The molecule has 0 atom stereocenters. The lowest BCUT2D eigenvalue weighted by Crippen LogP contribution is -2.36.